The highest BCUT2D eigenvalue weighted by atomic mass is 32.1. The van der Waals surface area contributed by atoms with Crippen LogP contribution in [0.1, 0.15) is 0 Å². The lowest BCUT2D eigenvalue weighted by Gasteiger charge is -2.15. The zero-order valence-corrected chi connectivity index (χ0v) is 28.6. The predicted octanol–water partition coefficient (Wildman–Crippen LogP) is 13.1. The Morgan fingerprint density at radius 3 is 1.94 bits per heavy atom. The van der Waals surface area contributed by atoms with Crippen LogP contribution in [0.4, 0.5) is 0 Å². The molecule has 0 saturated heterocycles. The monoisotopic (exact) mass is 681 g/mol. The Hall–Kier alpha value is -6.69. The van der Waals surface area contributed by atoms with E-state index in [0.29, 0.717) is 5.82 Å². The summed E-state index contributed by atoms with van der Waals surface area (Å²) in [4.78, 5) is 16.1. The van der Waals surface area contributed by atoms with Crippen LogP contribution in [-0.4, -0.2) is 15.0 Å². The maximum atomic E-state index is 6.51. The van der Waals surface area contributed by atoms with Crippen molar-refractivity contribution in [1.82, 2.24) is 15.0 Å². The molecule has 0 fully saturated rings. The van der Waals surface area contributed by atoms with Crippen molar-refractivity contribution in [2.24, 2.45) is 0 Å². The molecule has 0 spiro atoms. The van der Waals surface area contributed by atoms with Gasteiger partial charge < -0.3 is 4.42 Å². The molecule has 11 rings (SSSR count). The third-order valence-corrected chi connectivity index (χ3v) is 11.2. The summed E-state index contributed by atoms with van der Waals surface area (Å²) in [6, 6.07) is 57.0. The van der Waals surface area contributed by atoms with Crippen molar-refractivity contribution in [2.45, 2.75) is 0 Å². The second kappa shape index (κ2) is 11.4. The predicted molar refractivity (Wildman–Crippen MR) is 217 cm³/mol. The first kappa shape index (κ1) is 29.1. The molecular formula is C47H27N3OS. The highest BCUT2D eigenvalue weighted by molar-refractivity contribution is 7.26. The molecule has 0 amide bonds. The molecule has 0 atom stereocenters. The number of pyridine rings is 1. The number of rotatable bonds is 4. The summed E-state index contributed by atoms with van der Waals surface area (Å²) in [5.74, 6) is 0.614. The number of thiophene rings is 1. The van der Waals surface area contributed by atoms with Crippen molar-refractivity contribution in [3.63, 3.8) is 0 Å². The molecule has 0 radical (unpaired) electrons. The molecule has 5 heteroatoms. The van der Waals surface area contributed by atoms with E-state index < -0.39 is 0 Å². The van der Waals surface area contributed by atoms with Gasteiger partial charge in [-0.2, -0.15) is 0 Å². The normalized spacial score (nSPS) is 11.8. The standard InChI is InChI=1S/C47H27N3OS/c1-3-13-28(14-4-1)37-27-38(32-20-11-19-31-30-17-7-9-23-39(30)51-46(31)32)49-47(48-37)36-22-12-21-34-42-35(44(50-45(34)36)29-15-5-2-6-16-29)25-26-41-43(42)33-18-8-10-24-40(33)52-41/h1-27H. The van der Waals surface area contributed by atoms with Crippen molar-refractivity contribution in [3.05, 3.63) is 164 Å². The van der Waals surface area contributed by atoms with Gasteiger partial charge in [0, 0.05) is 69.4 Å². The zero-order chi connectivity index (χ0) is 34.2. The fourth-order valence-electron chi connectivity index (χ4n) is 7.74. The van der Waals surface area contributed by atoms with E-state index >= 15 is 0 Å². The Morgan fingerprint density at radius 2 is 1.10 bits per heavy atom. The van der Waals surface area contributed by atoms with Gasteiger partial charge in [-0.25, -0.2) is 15.0 Å². The molecule has 52 heavy (non-hydrogen) atoms. The van der Waals surface area contributed by atoms with Crippen molar-refractivity contribution >= 4 is 75.1 Å². The lowest BCUT2D eigenvalue weighted by Crippen LogP contribution is -1.98. The quantitative estimate of drug-likeness (QED) is 0.174. The Bertz CT molecular complexity index is 3180. The topological polar surface area (TPSA) is 51.8 Å². The number of para-hydroxylation sites is 3. The first-order valence-corrected chi connectivity index (χ1v) is 18.2. The molecule has 0 saturated carbocycles. The Balaban J connectivity index is 1.25. The lowest BCUT2D eigenvalue weighted by atomic mass is 9.95. The van der Waals surface area contributed by atoms with E-state index in [4.69, 9.17) is 19.4 Å². The van der Waals surface area contributed by atoms with Gasteiger partial charge in [0.2, 0.25) is 0 Å². The van der Waals surface area contributed by atoms with Gasteiger partial charge in [0.25, 0.3) is 0 Å². The molecule has 0 aliphatic rings. The van der Waals surface area contributed by atoms with Crippen LogP contribution in [0.15, 0.2) is 168 Å². The van der Waals surface area contributed by atoms with E-state index in [2.05, 4.69) is 127 Å². The summed E-state index contributed by atoms with van der Waals surface area (Å²) < 4.78 is 9.04. The highest BCUT2D eigenvalue weighted by Crippen LogP contribution is 2.45. The van der Waals surface area contributed by atoms with Crippen LogP contribution in [0.5, 0.6) is 0 Å². The maximum absolute atomic E-state index is 6.51. The molecule has 4 heterocycles. The number of aromatic nitrogens is 3. The first-order valence-electron chi connectivity index (χ1n) is 17.4. The summed E-state index contributed by atoms with van der Waals surface area (Å²) >= 11 is 1.83. The van der Waals surface area contributed by atoms with Gasteiger partial charge >= 0.3 is 0 Å². The van der Waals surface area contributed by atoms with Crippen molar-refractivity contribution < 1.29 is 4.42 Å². The fraction of sp³-hybridized carbons (Fsp3) is 0. The maximum Gasteiger partial charge on any atom is 0.162 e. The van der Waals surface area contributed by atoms with Gasteiger partial charge in [-0.15, -0.1) is 11.3 Å². The largest absolute Gasteiger partial charge is 0.455 e. The van der Waals surface area contributed by atoms with Crippen molar-refractivity contribution in [2.75, 3.05) is 0 Å². The summed E-state index contributed by atoms with van der Waals surface area (Å²) in [5.41, 5.74) is 8.99. The van der Waals surface area contributed by atoms with Gasteiger partial charge in [0.1, 0.15) is 11.2 Å². The van der Waals surface area contributed by atoms with Crippen LogP contribution in [-0.2, 0) is 0 Å². The molecule has 242 valence electrons. The second-order valence-corrected chi connectivity index (χ2v) is 14.2. The Labute approximate surface area is 302 Å². The second-order valence-electron chi connectivity index (χ2n) is 13.1. The average Bonchev–Trinajstić information content (AvgIpc) is 3.79. The number of furan rings is 1. The molecule has 0 aliphatic heterocycles. The zero-order valence-electron chi connectivity index (χ0n) is 27.7. The minimum Gasteiger partial charge on any atom is -0.455 e. The smallest absolute Gasteiger partial charge is 0.162 e. The van der Waals surface area contributed by atoms with Crippen LogP contribution < -0.4 is 0 Å². The van der Waals surface area contributed by atoms with Gasteiger partial charge in [-0.3, -0.25) is 0 Å². The molecule has 0 aliphatic carbocycles. The fourth-order valence-corrected chi connectivity index (χ4v) is 8.85. The third kappa shape index (κ3) is 4.43. The Kier molecular flexibility index (Phi) is 6.39. The molecule has 4 aromatic heterocycles. The molecule has 11 aromatic rings. The summed E-state index contributed by atoms with van der Waals surface area (Å²) in [5, 5.41) is 8.07. The number of fused-ring (bicyclic) bond motifs is 10. The van der Waals surface area contributed by atoms with Gasteiger partial charge in [0.05, 0.1) is 22.6 Å². The summed E-state index contributed by atoms with van der Waals surface area (Å²) in [6.07, 6.45) is 0. The summed E-state index contributed by atoms with van der Waals surface area (Å²) in [6.45, 7) is 0. The highest BCUT2D eigenvalue weighted by Gasteiger charge is 2.21. The molecule has 0 bridgehead atoms. The minimum absolute atomic E-state index is 0.614. The van der Waals surface area contributed by atoms with Crippen LogP contribution in [0.2, 0.25) is 0 Å². The van der Waals surface area contributed by atoms with E-state index in [-0.39, 0.29) is 0 Å². The van der Waals surface area contributed by atoms with Crippen LogP contribution in [0.3, 0.4) is 0 Å². The molecule has 4 nitrogen and oxygen atoms in total. The lowest BCUT2D eigenvalue weighted by molar-refractivity contribution is 0.670. The average molecular weight is 682 g/mol. The number of nitrogens with zero attached hydrogens (tertiary/aromatic N) is 3. The van der Waals surface area contributed by atoms with Gasteiger partial charge in [-0.1, -0.05) is 127 Å². The Morgan fingerprint density at radius 1 is 0.423 bits per heavy atom. The number of benzene rings is 7. The van der Waals surface area contributed by atoms with E-state index in [1.807, 2.05) is 47.7 Å². The molecular weight excluding hydrogens is 655 g/mol. The van der Waals surface area contributed by atoms with Crippen LogP contribution >= 0.6 is 11.3 Å². The van der Waals surface area contributed by atoms with Crippen molar-refractivity contribution in [1.29, 1.82) is 0 Å². The summed E-state index contributed by atoms with van der Waals surface area (Å²) in [7, 11) is 0. The number of hydrogen-bond donors (Lipinski definition) is 0. The SMILES string of the molecule is c1ccc(-c2cc(-c3cccc4c3oc3ccccc34)nc(-c3cccc4c3nc(-c3ccccc3)c3ccc5sc6ccccc6c5c34)n2)cc1. The number of hydrogen-bond acceptors (Lipinski definition) is 5. The molecule has 7 aromatic carbocycles. The van der Waals surface area contributed by atoms with E-state index in [9.17, 15) is 0 Å². The van der Waals surface area contributed by atoms with Gasteiger partial charge in [0.15, 0.2) is 5.82 Å². The first-order chi connectivity index (χ1) is 25.8. The third-order valence-electron chi connectivity index (χ3n) is 10.1. The van der Waals surface area contributed by atoms with Crippen LogP contribution in [0.25, 0.3) is 109 Å². The molecule has 0 unspecified atom stereocenters. The van der Waals surface area contributed by atoms with Crippen LogP contribution in [0, 0.1) is 0 Å². The van der Waals surface area contributed by atoms with E-state index in [1.54, 1.807) is 0 Å². The molecule has 0 N–H and O–H groups in total. The minimum atomic E-state index is 0.614. The van der Waals surface area contributed by atoms with Gasteiger partial charge in [-0.05, 0) is 36.4 Å². The van der Waals surface area contributed by atoms with E-state index in [1.165, 1.54) is 25.6 Å². The van der Waals surface area contributed by atoms with Crippen molar-refractivity contribution in [3.8, 4) is 45.2 Å². The van der Waals surface area contributed by atoms with E-state index in [0.717, 1.165) is 77.6 Å².